The largest absolute Gasteiger partial charge is 0.352 e. The van der Waals surface area contributed by atoms with Crippen LogP contribution in [0, 0.1) is 18.8 Å². The standard InChI is InChI=1S/C24H33N3O4S2/c1-16(2)18(4)25-24(29)22(26-23(28)21-6-5-15-32-21)19-11-13-27(14-12-19)33(30,31)20-9-7-17(3)8-10-20/h5-10,15-16,18-19,22H,11-14H2,1-4H3,(H,25,29)(H,26,28)/t18-,22+/m0/s1. The number of sulfonamides is 1. The number of nitrogens with zero attached hydrogens (tertiary/aromatic N) is 1. The maximum atomic E-state index is 13.1. The van der Waals surface area contributed by atoms with E-state index in [4.69, 9.17) is 0 Å². The quantitative estimate of drug-likeness (QED) is 0.592. The van der Waals surface area contributed by atoms with E-state index in [1.54, 1.807) is 36.4 Å². The van der Waals surface area contributed by atoms with Crippen LogP contribution < -0.4 is 10.6 Å². The van der Waals surface area contributed by atoms with Gasteiger partial charge in [-0.3, -0.25) is 9.59 Å². The van der Waals surface area contributed by atoms with Crippen LogP contribution in [0.2, 0.25) is 0 Å². The molecule has 0 saturated carbocycles. The number of amides is 2. The summed E-state index contributed by atoms with van der Waals surface area (Å²) in [4.78, 5) is 26.7. The van der Waals surface area contributed by atoms with Gasteiger partial charge in [-0.1, -0.05) is 37.6 Å². The molecule has 1 aromatic carbocycles. The maximum absolute atomic E-state index is 13.1. The van der Waals surface area contributed by atoms with E-state index in [1.165, 1.54) is 15.6 Å². The molecule has 2 aromatic rings. The third kappa shape index (κ3) is 6.22. The van der Waals surface area contributed by atoms with Gasteiger partial charge < -0.3 is 10.6 Å². The third-order valence-corrected chi connectivity index (χ3v) is 9.09. The highest BCUT2D eigenvalue weighted by Crippen LogP contribution is 2.27. The molecule has 2 amide bonds. The van der Waals surface area contributed by atoms with Crippen molar-refractivity contribution in [1.82, 2.24) is 14.9 Å². The Morgan fingerprint density at radius 2 is 1.67 bits per heavy atom. The number of carbonyl (C=O) groups excluding carboxylic acids is 2. The molecule has 33 heavy (non-hydrogen) atoms. The monoisotopic (exact) mass is 491 g/mol. The summed E-state index contributed by atoms with van der Waals surface area (Å²) in [5.41, 5.74) is 0.999. The Labute approximate surface area is 200 Å². The van der Waals surface area contributed by atoms with Crippen LogP contribution in [-0.2, 0) is 14.8 Å². The van der Waals surface area contributed by atoms with Gasteiger partial charge in [-0.05, 0) is 62.1 Å². The second kappa shape index (κ2) is 10.8. The van der Waals surface area contributed by atoms with Crippen LogP contribution in [0.5, 0.6) is 0 Å². The molecule has 2 N–H and O–H groups in total. The van der Waals surface area contributed by atoms with E-state index in [2.05, 4.69) is 10.6 Å². The van der Waals surface area contributed by atoms with Crippen molar-refractivity contribution >= 4 is 33.2 Å². The highest BCUT2D eigenvalue weighted by atomic mass is 32.2. The molecule has 0 aliphatic carbocycles. The first-order valence-electron chi connectivity index (χ1n) is 11.3. The molecule has 1 saturated heterocycles. The number of thiophene rings is 1. The molecule has 0 spiro atoms. The molecule has 1 aliphatic rings. The van der Waals surface area contributed by atoms with Gasteiger partial charge in [0, 0.05) is 19.1 Å². The van der Waals surface area contributed by atoms with Crippen molar-refractivity contribution in [3.05, 3.63) is 52.2 Å². The minimum absolute atomic E-state index is 0.0411. The molecule has 1 aliphatic heterocycles. The summed E-state index contributed by atoms with van der Waals surface area (Å²) in [5, 5.41) is 7.75. The molecule has 2 heterocycles. The Kier molecular flexibility index (Phi) is 8.31. The second-order valence-corrected chi connectivity index (χ2v) is 11.9. The van der Waals surface area contributed by atoms with Crippen molar-refractivity contribution in [1.29, 1.82) is 0 Å². The second-order valence-electron chi connectivity index (χ2n) is 9.02. The molecular formula is C24H33N3O4S2. The Bertz CT molecular complexity index is 1040. The summed E-state index contributed by atoms with van der Waals surface area (Å²) in [6, 6.07) is 9.59. The summed E-state index contributed by atoms with van der Waals surface area (Å²) in [6.07, 6.45) is 0.980. The summed E-state index contributed by atoms with van der Waals surface area (Å²) < 4.78 is 27.6. The van der Waals surface area contributed by atoms with Crippen LogP contribution in [-0.4, -0.2) is 49.7 Å². The van der Waals surface area contributed by atoms with E-state index in [0.29, 0.717) is 30.8 Å². The van der Waals surface area contributed by atoms with Crippen LogP contribution in [0.25, 0.3) is 0 Å². The number of aryl methyl sites for hydroxylation is 1. The van der Waals surface area contributed by atoms with E-state index < -0.39 is 16.1 Å². The van der Waals surface area contributed by atoms with Gasteiger partial charge in [0.05, 0.1) is 9.77 Å². The molecule has 3 rings (SSSR count). The molecule has 1 aromatic heterocycles. The number of rotatable bonds is 8. The van der Waals surface area contributed by atoms with Crippen LogP contribution in [0.1, 0.15) is 48.8 Å². The molecule has 0 bridgehead atoms. The van der Waals surface area contributed by atoms with Gasteiger partial charge in [-0.15, -0.1) is 11.3 Å². The van der Waals surface area contributed by atoms with Gasteiger partial charge in [0.1, 0.15) is 6.04 Å². The average molecular weight is 492 g/mol. The highest BCUT2D eigenvalue weighted by molar-refractivity contribution is 7.89. The average Bonchev–Trinajstić information content (AvgIpc) is 3.32. The molecule has 0 radical (unpaired) electrons. The van der Waals surface area contributed by atoms with E-state index in [0.717, 1.165) is 5.56 Å². The summed E-state index contributed by atoms with van der Waals surface area (Å²) in [5.74, 6) is -0.403. The molecule has 1 fully saturated rings. The lowest BCUT2D eigenvalue weighted by molar-refractivity contribution is -0.125. The Balaban J connectivity index is 1.72. The van der Waals surface area contributed by atoms with Crippen molar-refractivity contribution in [3.8, 4) is 0 Å². The first kappa shape index (κ1) is 25.4. The smallest absolute Gasteiger partial charge is 0.262 e. The fourth-order valence-electron chi connectivity index (χ4n) is 3.81. The van der Waals surface area contributed by atoms with Gasteiger partial charge in [-0.25, -0.2) is 8.42 Å². The first-order chi connectivity index (χ1) is 15.6. The van der Waals surface area contributed by atoms with Crippen LogP contribution >= 0.6 is 11.3 Å². The predicted molar refractivity (Wildman–Crippen MR) is 131 cm³/mol. The van der Waals surface area contributed by atoms with Gasteiger partial charge in [0.2, 0.25) is 15.9 Å². The zero-order valence-electron chi connectivity index (χ0n) is 19.6. The number of nitrogens with one attached hydrogen (secondary N) is 2. The Hall–Kier alpha value is -2.23. The number of hydrogen-bond acceptors (Lipinski definition) is 5. The normalized spacial score (nSPS) is 17.5. The molecule has 7 nitrogen and oxygen atoms in total. The molecule has 180 valence electrons. The van der Waals surface area contributed by atoms with Gasteiger partial charge in [0.15, 0.2) is 0 Å². The minimum atomic E-state index is -3.59. The van der Waals surface area contributed by atoms with Crippen LogP contribution in [0.4, 0.5) is 0 Å². The van der Waals surface area contributed by atoms with E-state index in [1.807, 2.05) is 33.1 Å². The Morgan fingerprint density at radius 1 is 1.03 bits per heavy atom. The fourth-order valence-corrected chi connectivity index (χ4v) is 5.90. The number of piperidine rings is 1. The Morgan fingerprint density at radius 3 is 2.21 bits per heavy atom. The topological polar surface area (TPSA) is 95.6 Å². The van der Waals surface area contributed by atoms with Crippen LogP contribution in [0.15, 0.2) is 46.7 Å². The predicted octanol–water partition coefficient (Wildman–Crippen LogP) is 3.42. The number of hydrogen-bond donors (Lipinski definition) is 2. The van der Waals surface area contributed by atoms with E-state index in [9.17, 15) is 18.0 Å². The fraction of sp³-hybridized carbons (Fsp3) is 0.500. The summed E-state index contributed by atoms with van der Waals surface area (Å²) >= 11 is 1.32. The number of benzene rings is 1. The van der Waals surface area contributed by atoms with E-state index >= 15 is 0 Å². The van der Waals surface area contributed by atoms with Gasteiger partial charge in [0.25, 0.3) is 5.91 Å². The van der Waals surface area contributed by atoms with Crippen molar-refractivity contribution < 1.29 is 18.0 Å². The highest BCUT2D eigenvalue weighted by Gasteiger charge is 2.37. The zero-order chi connectivity index (χ0) is 24.2. The van der Waals surface area contributed by atoms with Crippen molar-refractivity contribution in [3.63, 3.8) is 0 Å². The third-order valence-electron chi connectivity index (χ3n) is 6.31. The molecule has 0 unspecified atom stereocenters. The lowest BCUT2D eigenvalue weighted by atomic mass is 9.89. The van der Waals surface area contributed by atoms with Gasteiger partial charge in [-0.2, -0.15) is 4.31 Å². The lowest BCUT2D eigenvalue weighted by Crippen LogP contribution is -2.55. The van der Waals surface area contributed by atoms with Crippen LogP contribution in [0.3, 0.4) is 0 Å². The van der Waals surface area contributed by atoms with Crippen molar-refractivity contribution in [2.24, 2.45) is 11.8 Å². The zero-order valence-corrected chi connectivity index (χ0v) is 21.2. The molecular weight excluding hydrogens is 458 g/mol. The first-order valence-corrected chi connectivity index (χ1v) is 13.6. The van der Waals surface area contributed by atoms with Crippen molar-refractivity contribution in [2.75, 3.05) is 13.1 Å². The van der Waals surface area contributed by atoms with E-state index in [-0.39, 0.29) is 34.6 Å². The van der Waals surface area contributed by atoms with Gasteiger partial charge >= 0.3 is 0 Å². The summed E-state index contributed by atoms with van der Waals surface area (Å²) in [7, 11) is -3.59. The maximum Gasteiger partial charge on any atom is 0.262 e. The lowest BCUT2D eigenvalue weighted by Gasteiger charge is -2.35. The SMILES string of the molecule is Cc1ccc(S(=O)(=O)N2CCC([C@@H](NC(=O)c3cccs3)C(=O)N[C@@H](C)C(C)C)CC2)cc1. The minimum Gasteiger partial charge on any atom is -0.352 e. The molecule has 9 heteroatoms. The molecule has 2 atom stereocenters. The summed E-state index contributed by atoms with van der Waals surface area (Å²) in [6.45, 7) is 8.52. The van der Waals surface area contributed by atoms with Crippen molar-refractivity contribution in [2.45, 2.75) is 57.5 Å². The number of carbonyl (C=O) groups is 2.